The van der Waals surface area contributed by atoms with Crippen molar-refractivity contribution in [2.45, 2.75) is 38.3 Å². The summed E-state index contributed by atoms with van der Waals surface area (Å²) < 4.78 is 10.8. The molecule has 2 aliphatic heterocycles. The van der Waals surface area contributed by atoms with Gasteiger partial charge in [0.15, 0.2) is 5.60 Å². The summed E-state index contributed by atoms with van der Waals surface area (Å²) in [5.74, 6) is -1.06. The lowest BCUT2D eigenvalue weighted by atomic mass is 9.73. The highest BCUT2D eigenvalue weighted by Crippen LogP contribution is 2.38. The van der Waals surface area contributed by atoms with Gasteiger partial charge in [-0.25, -0.2) is 9.80 Å². The Labute approximate surface area is 237 Å². The Morgan fingerprint density at radius 3 is 2.49 bits per heavy atom. The number of amides is 4. The molecule has 0 bridgehead atoms. The predicted molar refractivity (Wildman–Crippen MR) is 147 cm³/mol. The van der Waals surface area contributed by atoms with Gasteiger partial charge in [0.05, 0.1) is 17.3 Å². The summed E-state index contributed by atoms with van der Waals surface area (Å²) in [4.78, 5) is 53.4. The first-order chi connectivity index (χ1) is 19.4. The SMILES string of the molecule is CN1N=C2CCN(C(=O)C(COc3ccc(C#N)cc3)NC(=O)C(C)(C)OC(N)=O)C[C@@]2(Cc2ccccc2)C1=O. The van der Waals surface area contributed by atoms with E-state index in [1.165, 1.54) is 23.8 Å². The van der Waals surface area contributed by atoms with Gasteiger partial charge in [-0.3, -0.25) is 14.4 Å². The van der Waals surface area contributed by atoms with Crippen LogP contribution in [-0.2, 0) is 25.5 Å². The van der Waals surface area contributed by atoms with Gasteiger partial charge in [0.25, 0.3) is 11.8 Å². The number of ether oxygens (including phenoxy) is 2. The zero-order valence-electron chi connectivity index (χ0n) is 23.1. The maximum Gasteiger partial charge on any atom is 0.405 e. The van der Waals surface area contributed by atoms with E-state index in [9.17, 15) is 19.2 Å². The molecule has 12 nitrogen and oxygen atoms in total. The summed E-state index contributed by atoms with van der Waals surface area (Å²) in [5.41, 5.74) is 4.49. The molecule has 0 aliphatic carbocycles. The van der Waals surface area contributed by atoms with Crippen LogP contribution >= 0.6 is 0 Å². The van der Waals surface area contributed by atoms with E-state index >= 15 is 0 Å². The number of hydrazone groups is 1. The van der Waals surface area contributed by atoms with E-state index in [1.54, 1.807) is 31.3 Å². The Morgan fingerprint density at radius 1 is 1.17 bits per heavy atom. The zero-order valence-corrected chi connectivity index (χ0v) is 23.1. The van der Waals surface area contributed by atoms with Gasteiger partial charge in [-0.1, -0.05) is 30.3 Å². The molecule has 214 valence electrons. The third kappa shape index (κ3) is 6.30. The van der Waals surface area contributed by atoms with Crippen molar-refractivity contribution in [3.63, 3.8) is 0 Å². The average Bonchev–Trinajstić information content (AvgIpc) is 3.19. The third-order valence-corrected chi connectivity index (χ3v) is 7.17. The topological polar surface area (TPSA) is 167 Å². The number of hydrogen-bond acceptors (Lipinski definition) is 8. The van der Waals surface area contributed by atoms with E-state index < -0.39 is 35.0 Å². The van der Waals surface area contributed by atoms with Crippen LogP contribution in [0.1, 0.15) is 31.4 Å². The van der Waals surface area contributed by atoms with Gasteiger partial charge < -0.3 is 25.4 Å². The van der Waals surface area contributed by atoms with Gasteiger partial charge in [-0.05, 0) is 50.1 Å². The number of carbonyl (C=O) groups excluding carboxylic acids is 4. The molecule has 0 radical (unpaired) electrons. The molecule has 2 aliphatic rings. The number of likely N-dealkylation sites (tertiary alicyclic amines) is 1. The molecule has 4 rings (SSSR count). The molecule has 2 atom stereocenters. The molecule has 3 N–H and O–H groups in total. The summed E-state index contributed by atoms with van der Waals surface area (Å²) in [6, 6.07) is 16.6. The van der Waals surface area contributed by atoms with Crippen LogP contribution in [0.25, 0.3) is 0 Å². The Hall–Kier alpha value is -4.92. The molecule has 4 amide bonds. The van der Waals surface area contributed by atoms with Crippen LogP contribution in [0.4, 0.5) is 4.79 Å². The summed E-state index contributed by atoms with van der Waals surface area (Å²) >= 11 is 0. The Kier molecular flexibility index (Phi) is 8.28. The molecule has 12 heteroatoms. The number of hydrogen-bond donors (Lipinski definition) is 2. The standard InChI is InChI=1S/C29H32N6O6/c1-28(2,41-27(31)39)25(37)32-22(17-40-21-11-9-20(16-30)10-12-21)24(36)35-14-13-23-29(18-35,26(38)34(3)33-23)15-19-7-5-4-6-8-19/h4-12,22H,13-15,17-18H2,1-3H3,(H2,31,39)(H,32,37)/t22?,29-/m1/s1. The minimum Gasteiger partial charge on any atom is -0.491 e. The van der Waals surface area contributed by atoms with Crippen LogP contribution in [0.3, 0.4) is 0 Å². The highest BCUT2D eigenvalue weighted by atomic mass is 16.6. The van der Waals surface area contributed by atoms with Crippen molar-refractivity contribution in [3.8, 4) is 11.8 Å². The largest absolute Gasteiger partial charge is 0.491 e. The van der Waals surface area contributed by atoms with Gasteiger partial charge in [0.1, 0.15) is 23.8 Å². The van der Waals surface area contributed by atoms with Crippen molar-refractivity contribution in [2.75, 3.05) is 26.7 Å². The molecule has 0 aromatic heterocycles. The molecule has 2 aromatic carbocycles. The number of benzene rings is 2. The first-order valence-electron chi connectivity index (χ1n) is 13.1. The van der Waals surface area contributed by atoms with E-state index in [1.807, 2.05) is 36.4 Å². The number of nitrogens with two attached hydrogens (primary N) is 1. The minimum atomic E-state index is -1.67. The van der Waals surface area contributed by atoms with Crippen LogP contribution in [0.5, 0.6) is 5.75 Å². The molecular formula is C29H32N6O6. The lowest BCUT2D eigenvalue weighted by Crippen LogP contribution is -2.61. The van der Waals surface area contributed by atoms with Crippen molar-refractivity contribution in [1.29, 1.82) is 5.26 Å². The lowest BCUT2D eigenvalue weighted by Gasteiger charge is -2.40. The summed E-state index contributed by atoms with van der Waals surface area (Å²) in [5, 5.41) is 17.5. The number of carbonyl (C=O) groups is 4. The average molecular weight is 561 g/mol. The fourth-order valence-corrected chi connectivity index (χ4v) is 5.05. The maximum absolute atomic E-state index is 14.0. The second-order valence-corrected chi connectivity index (χ2v) is 10.5. The molecule has 1 fully saturated rings. The Morgan fingerprint density at radius 2 is 1.85 bits per heavy atom. The van der Waals surface area contributed by atoms with Crippen molar-refractivity contribution < 1.29 is 28.7 Å². The number of primary amides is 1. The molecular weight excluding hydrogens is 528 g/mol. The normalized spacial score (nSPS) is 19.0. The molecule has 2 heterocycles. The quantitative estimate of drug-likeness (QED) is 0.469. The highest BCUT2D eigenvalue weighted by Gasteiger charge is 2.54. The lowest BCUT2D eigenvalue weighted by molar-refractivity contribution is -0.145. The van der Waals surface area contributed by atoms with Gasteiger partial charge in [0, 0.05) is 26.6 Å². The van der Waals surface area contributed by atoms with Crippen molar-refractivity contribution in [3.05, 3.63) is 65.7 Å². The molecule has 0 saturated carbocycles. The zero-order chi connectivity index (χ0) is 29.8. The number of fused-ring (bicyclic) bond motifs is 1. The van der Waals surface area contributed by atoms with Crippen molar-refractivity contribution in [2.24, 2.45) is 16.3 Å². The van der Waals surface area contributed by atoms with Crippen LogP contribution in [0, 0.1) is 16.7 Å². The van der Waals surface area contributed by atoms with Crippen molar-refractivity contribution >= 4 is 29.5 Å². The monoisotopic (exact) mass is 560 g/mol. The molecule has 0 spiro atoms. The summed E-state index contributed by atoms with van der Waals surface area (Å²) in [6.07, 6.45) is -0.406. The highest BCUT2D eigenvalue weighted by molar-refractivity contribution is 6.13. The predicted octanol–water partition coefficient (Wildman–Crippen LogP) is 1.59. The maximum atomic E-state index is 14.0. The number of nitrogens with one attached hydrogen (secondary N) is 1. The molecule has 1 saturated heterocycles. The Bertz CT molecular complexity index is 1400. The number of rotatable bonds is 9. The second-order valence-electron chi connectivity index (χ2n) is 10.5. The van der Waals surface area contributed by atoms with Gasteiger partial charge in [-0.2, -0.15) is 10.4 Å². The van der Waals surface area contributed by atoms with Crippen LogP contribution in [0.15, 0.2) is 59.7 Å². The van der Waals surface area contributed by atoms with Crippen molar-refractivity contribution in [1.82, 2.24) is 15.2 Å². The molecule has 1 unspecified atom stereocenters. The van der Waals surface area contributed by atoms with Crippen LogP contribution in [-0.4, -0.2) is 77.8 Å². The van der Waals surface area contributed by atoms with E-state index in [0.29, 0.717) is 29.9 Å². The fraction of sp³-hybridized carbons (Fsp3) is 0.379. The van der Waals surface area contributed by atoms with Gasteiger partial charge in [0.2, 0.25) is 5.91 Å². The minimum absolute atomic E-state index is 0.0626. The van der Waals surface area contributed by atoms with Gasteiger partial charge >= 0.3 is 6.09 Å². The smallest absolute Gasteiger partial charge is 0.405 e. The molecule has 41 heavy (non-hydrogen) atoms. The first kappa shape index (κ1) is 29.1. The van der Waals surface area contributed by atoms with E-state index in [-0.39, 0.29) is 25.6 Å². The van der Waals surface area contributed by atoms with Crippen LogP contribution in [0.2, 0.25) is 0 Å². The van der Waals surface area contributed by atoms with Crippen LogP contribution < -0.4 is 15.8 Å². The van der Waals surface area contributed by atoms with E-state index in [0.717, 1.165) is 5.56 Å². The molecule has 2 aromatic rings. The van der Waals surface area contributed by atoms with Gasteiger partial charge in [-0.15, -0.1) is 0 Å². The van der Waals surface area contributed by atoms with E-state index in [2.05, 4.69) is 10.4 Å². The summed E-state index contributed by atoms with van der Waals surface area (Å²) in [7, 11) is 1.60. The number of piperidine rings is 1. The third-order valence-electron chi connectivity index (χ3n) is 7.17. The number of nitriles is 1. The van der Waals surface area contributed by atoms with E-state index in [4.69, 9.17) is 20.5 Å². The summed E-state index contributed by atoms with van der Waals surface area (Å²) in [6.45, 7) is 2.77. The number of nitrogens with zero attached hydrogens (tertiary/aromatic N) is 4. The second kappa shape index (κ2) is 11.7. The Balaban J connectivity index is 1.59. The fourth-order valence-electron chi connectivity index (χ4n) is 5.05. The first-order valence-corrected chi connectivity index (χ1v) is 13.1.